The summed E-state index contributed by atoms with van der Waals surface area (Å²) in [4.78, 5) is 23.7. The molecule has 2 aromatic rings. The maximum atomic E-state index is 12.2. The number of fused-ring (bicyclic) bond motifs is 1. The summed E-state index contributed by atoms with van der Waals surface area (Å²) in [5.41, 5.74) is 1.42. The van der Waals surface area contributed by atoms with Gasteiger partial charge in [0, 0.05) is 17.0 Å². The Labute approximate surface area is 117 Å². The second-order valence-corrected chi connectivity index (χ2v) is 5.15. The summed E-state index contributed by atoms with van der Waals surface area (Å²) in [5, 5.41) is 13.4. The van der Waals surface area contributed by atoms with Crippen molar-refractivity contribution in [1.29, 1.82) is 0 Å². The fraction of sp³-hybridized carbons (Fsp3) is 0.250. The van der Waals surface area contributed by atoms with Crippen LogP contribution in [-0.4, -0.2) is 23.0 Å². The number of aryl methyl sites for hydroxylation is 1. The van der Waals surface area contributed by atoms with Gasteiger partial charge in [0.25, 0.3) is 5.91 Å². The molecular formula is C16H17NO3. The highest BCUT2D eigenvalue weighted by atomic mass is 16.4. The summed E-state index contributed by atoms with van der Waals surface area (Å²) in [6.07, 6.45) is 0. The van der Waals surface area contributed by atoms with Crippen LogP contribution >= 0.6 is 0 Å². The second kappa shape index (κ2) is 5.33. The van der Waals surface area contributed by atoms with E-state index in [4.69, 9.17) is 0 Å². The van der Waals surface area contributed by atoms with E-state index >= 15 is 0 Å². The molecule has 0 aromatic heterocycles. The van der Waals surface area contributed by atoms with Gasteiger partial charge in [-0.25, -0.2) is 4.79 Å². The molecule has 0 aliphatic rings. The first-order valence-corrected chi connectivity index (χ1v) is 6.47. The van der Waals surface area contributed by atoms with Gasteiger partial charge in [-0.2, -0.15) is 0 Å². The zero-order valence-corrected chi connectivity index (χ0v) is 11.7. The first-order chi connectivity index (χ1) is 9.40. The van der Waals surface area contributed by atoms with Gasteiger partial charge in [0.2, 0.25) is 0 Å². The summed E-state index contributed by atoms with van der Waals surface area (Å²) in [5.74, 6) is -1.28. The molecule has 2 N–H and O–H groups in total. The second-order valence-electron chi connectivity index (χ2n) is 5.15. The van der Waals surface area contributed by atoms with Crippen molar-refractivity contribution in [2.45, 2.75) is 26.8 Å². The molecule has 0 aliphatic carbocycles. The molecule has 0 unspecified atom stereocenters. The summed E-state index contributed by atoms with van der Waals surface area (Å²) >= 11 is 0. The molecule has 0 atom stereocenters. The molecule has 4 nitrogen and oxygen atoms in total. The van der Waals surface area contributed by atoms with Crippen molar-refractivity contribution >= 4 is 22.6 Å². The van der Waals surface area contributed by atoms with Crippen LogP contribution < -0.4 is 5.32 Å². The molecule has 0 saturated carbocycles. The molecule has 4 heteroatoms. The number of hydrogen-bond donors (Lipinski definition) is 2. The van der Waals surface area contributed by atoms with E-state index < -0.39 is 5.97 Å². The van der Waals surface area contributed by atoms with Crippen LogP contribution in [0.3, 0.4) is 0 Å². The third kappa shape index (κ3) is 2.64. The van der Waals surface area contributed by atoms with Gasteiger partial charge in [0.05, 0.1) is 5.56 Å². The lowest BCUT2D eigenvalue weighted by Gasteiger charge is -2.12. The van der Waals surface area contributed by atoms with Crippen molar-refractivity contribution in [1.82, 2.24) is 5.32 Å². The lowest BCUT2D eigenvalue weighted by atomic mass is 9.96. The van der Waals surface area contributed by atoms with Crippen LogP contribution in [0.25, 0.3) is 10.8 Å². The quantitative estimate of drug-likeness (QED) is 0.901. The summed E-state index contributed by atoms with van der Waals surface area (Å²) in [6, 6.07) is 8.72. The van der Waals surface area contributed by atoms with E-state index in [1.165, 1.54) is 0 Å². The number of rotatable bonds is 3. The third-order valence-corrected chi connectivity index (χ3v) is 3.02. The molecular weight excluding hydrogens is 254 g/mol. The number of carbonyl (C=O) groups is 2. The van der Waals surface area contributed by atoms with E-state index in [-0.39, 0.29) is 17.5 Å². The highest BCUT2D eigenvalue weighted by molar-refractivity contribution is 6.14. The monoisotopic (exact) mass is 271 g/mol. The molecule has 1 amide bonds. The minimum atomic E-state index is -1.02. The lowest BCUT2D eigenvalue weighted by Crippen LogP contribution is -2.30. The Morgan fingerprint density at radius 2 is 1.85 bits per heavy atom. The molecule has 2 rings (SSSR count). The van der Waals surface area contributed by atoms with E-state index in [1.807, 2.05) is 32.9 Å². The highest BCUT2D eigenvalue weighted by Crippen LogP contribution is 2.25. The Hall–Kier alpha value is -2.36. The average molecular weight is 271 g/mol. The molecule has 0 spiro atoms. The smallest absolute Gasteiger partial charge is 0.336 e. The Bertz CT molecular complexity index is 689. The van der Waals surface area contributed by atoms with Crippen LogP contribution in [0.15, 0.2) is 30.3 Å². The predicted molar refractivity (Wildman–Crippen MR) is 78.2 cm³/mol. The fourth-order valence-corrected chi connectivity index (χ4v) is 2.28. The number of amides is 1. The van der Waals surface area contributed by atoms with Gasteiger partial charge < -0.3 is 10.4 Å². The summed E-state index contributed by atoms with van der Waals surface area (Å²) in [7, 11) is 0. The van der Waals surface area contributed by atoms with Gasteiger partial charge in [-0.05, 0) is 43.9 Å². The Balaban J connectivity index is 2.73. The molecule has 104 valence electrons. The largest absolute Gasteiger partial charge is 0.478 e. The van der Waals surface area contributed by atoms with Crippen molar-refractivity contribution in [3.63, 3.8) is 0 Å². The first kappa shape index (κ1) is 14.1. The van der Waals surface area contributed by atoms with Gasteiger partial charge in [-0.3, -0.25) is 4.79 Å². The maximum absolute atomic E-state index is 12.2. The van der Waals surface area contributed by atoms with Crippen LogP contribution in [0, 0.1) is 6.92 Å². The standard InChI is InChI=1S/C16H17NO3/c1-9(2)17-15(18)12-6-4-5-11-7-10(3)8-13(14(11)12)16(19)20/h4-9H,1-3H3,(H,17,18)(H,19,20). The van der Waals surface area contributed by atoms with Gasteiger partial charge >= 0.3 is 5.97 Å². The topological polar surface area (TPSA) is 66.4 Å². The first-order valence-electron chi connectivity index (χ1n) is 6.47. The van der Waals surface area contributed by atoms with E-state index in [0.717, 1.165) is 10.9 Å². The van der Waals surface area contributed by atoms with E-state index in [0.29, 0.717) is 10.9 Å². The van der Waals surface area contributed by atoms with Crippen molar-refractivity contribution in [3.8, 4) is 0 Å². The Morgan fingerprint density at radius 3 is 2.45 bits per heavy atom. The molecule has 0 bridgehead atoms. The lowest BCUT2D eigenvalue weighted by molar-refractivity contribution is 0.0699. The Morgan fingerprint density at radius 1 is 1.15 bits per heavy atom. The summed E-state index contributed by atoms with van der Waals surface area (Å²) < 4.78 is 0. The predicted octanol–water partition coefficient (Wildman–Crippen LogP) is 2.98. The maximum Gasteiger partial charge on any atom is 0.336 e. The van der Waals surface area contributed by atoms with Gasteiger partial charge in [-0.1, -0.05) is 18.2 Å². The van der Waals surface area contributed by atoms with Crippen LogP contribution in [0.1, 0.15) is 40.1 Å². The number of carboxylic acids is 1. The van der Waals surface area contributed by atoms with Crippen LogP contribution in [-0.2, 0) is 0 Å². The van der Waals surface area contributed by atoms with Crippen LogP contribution in [0.5, 0.6) is 0 Å². The number of benzene rings is 2. The molecule has 0 heterocycles. The average Bonchev–Trinajstić information content (AvgIpc) is 2.35. The minimum absolute atomic E-state index is 0.00326. The highest BCUT2D eigenvalue weighted by Gasteiger charge is 2.17. The van der Waals surface area contributed by atoms with Crippen LogP contribution in [0.2, 0.25) is 0 Å². The molecule has 2 aromatic carbocycles. The zero-order valence-electron chi connectivity index (χ0n) is 11.7. The third-order valence-electron chi connectivity index (χ3n) is 3.02. The zero-order chi connectivity index (χ0) is 14.9. The van der Waals surface area contributed by atoms with Gasteiger partial charge in [-0.15, -0.1) is 0 Å². The van der Waals surface area contributed by atoms with Crippen molar-refractivity contribution in [2.75, 3.05) is 0 Å². The number of carboxylic acid groups (broad SMARTS) is 1. The molecule has 0 aliphatic heterocycles. The van der Waals surface area contributed by atoms with Gasteiger partial charge in [0.1, 0.15) is 0 Å². The van der Waals surface area contributed by atoms with Crippen molar-refractivity contribution < 1.29 is 14.7 Å². The minimum Gasteiger partial charge on any atom is -0.478 e. The molecule has 0 fully saturated rings. The Kier molecular flexibility index (Phi) is 3.74. The van der Waals surface area contributed by atoms with Gasteiger partial charge in [0.15, 0.2) is 0 Å². The van der Waals surface area contributed by atoms with E-state index in [9.17, 15) is 14.7 Å². The van der Waals surface area contributed by atoms with E-state index in [1.54, 1.807) is 18.2 Å². The van der Waals surface area contributed by atoms with Crippen molar-refractivity contribution in [2.24, 2.45) is 0 Å². The molecule has 0 saturated heterocycles. The number of nitrogens with one attached hydrogen (secondary N) is 1. The van der Waals surface area contributed by atoms with Crippen LogP contribution in [0.4, 0.5) is 0 Å². The fourth-order valence-electron chi connectivity index (χ4n) is 2.28. The SMILES string of the molecule is Cc1cc(C(=O)O)c2c(C(=O)NC(C)C)cccc2c1. The summed E-state index contributed by atoms with van der Waals surface area (Å²) in [6.45, 7) is 5.57. The molecule has 0 radical (unpaired) electrons. The number of hydrogen-bond acceptors (Lipinski definition) is 2. The number of aromatic carboxylic acids is 1. The van der Waals surface area contributed by atoms with E-state index in [2.05, 4.69) is 5.32 Å². The number of carbonyl (C=O) groups excluding carboxylic acids is 1. The van der Waals surface area contributed by atoms with Crippen molar-refractivity contribution in [3.05, 3.63) is 47.0 Å². The normalized spacial score (nSPS) is 10.8. The molecule has 20 heavy (non-hydrogen) atoms.